The number of nitrogens with one attached hydrogen (secondary N) is 1. The highest BCUT2D eigenvalue weighted by Gasteiger charge is 2.38. The lowest BCUT2D eigenvalue weighted by molar-refractivity contribution is -0.119. The summed E-state index contributed by atoms with van der Waals surface area (Å²) in [6, 6.07) is 4.70. The molecule has 1 saturated heterocycles. The summed E-state index contributed by atoms with van der Waals surface area (Å²) in [5.74, 6) is -0.245. The Labute approximate surface area is 136 Å². The number of carbonyl (C=O) groups excluding carboxylic acids is 1. The highest BCUT2D eigenvalue weighted by molar-refractivity contribution is 7.89. The van der Waals surface area contributed by atoms with Crippen molar-refractivity contribution < 1.29 is 13.2 Å². The number of hydrogen-bond acceptors (Lipinski definition) is 3. The Kier molecular flexibility index (Phi) is 5.47. The zero-order chi connectivity index (χ0) is 16.3. The summed E-state index contributed by atoms with van der Waals surface area (Å²) in [6.45, 7) is 4.13. The van der Waals surface area contributed by atoms with Crippen molar-refractivity contribution in [2.45, 2.75) is 39.2 Å². The van der Waals surface area contributed by atoms with Gasteiger partial charge in [-0.25, -0.2) is 8.42 Å². The van der Waals surface area contributed by atoms with Gasteiger partial charge in [-0.1, -0.05) is 24.6 Å². The summed E-state index contributed by atoms with van der Waals surface area (Å²) in [5, 5.41) is 3.20. The largest absolute Gasteiger partial charge is 0.323 e. The molecule has 1 N–H and O–H groups in total. The minimum absolute atomic E-state index is 0.0715. The molecule has 1 heterocycles. The third-order valence-electron chi connectivity index (χ3n) is 3.71. The van der Waals surface area contributed by atoms with Gasteiger partial charge in [-0.2, -0.15) is 4.31 Å². The molecule has 1 aliphatic rings. The molecule has 7 heteroatoms. The molecule has 1 fully saturated rings. The Bertz CT molecular complexity index is 661. The SMILES string of the molecule is CCCS(=O)(=O)N1CCCC1C(=O)Nc1ccc(C)cc1Cl. The second kappa shape index (κ2) is 6.98. The molecule has 1 atom stereocenters. The Morgan fingerprint density at radius 3 is 2.82 bits per heavy atom. The number of sulfonamides is 1. The summed E-state index contributed by atoms with van der Waals surface area (Å²) >= 11 is 6.11. The van der Waals surface area contributed by atoms with Crippen LogP contribution in [0.25, 0.3) is 0 Å². The Balaban J connectivity index is 2.14. The normalized spacial score (nSPS) is 19.3. The molecule has 1 aliphatic heterocycles. The molecule has 0 aliphatic carbocycles. The van der Waals surface area contributed by atoms with Crippen LogP contribution >= 0.6 is 11.6 Å². The number of halogens is 1. The van der Waals surface area contributed by atoms with Crippen molar-refractivity contribution in [1.82, 2.24) is 4.31 Å². The van der Waals surface area contributed by atoms with Gasteiger partial charge >= 0.3 is 0 Å². The predicted octanol–water partition coefficient (Wildman–Crippen LogP) is 2.79. The van der Waals surface area contributed by atoms with Gasteiger partial charge in [-0.3, -0.25) is 4.79 Å². The standard InChI is InChI=1S/C15H21ClN2O3S/c1-3-9-22(20,21)18-8-4-5-14(18)15(19)17-13-7-6-11(2)10-12(13)16/h6-7,10,14H,3-5,8-9H2,1-2H3,(H,17,19). The van der Waals surface area contributed by atoms with E-state index in [-0.39, 0.29) is 11.7 Å². The fourth-order valence-corrected chi connectivity index (χ4v) is 4.68. The van der Waals surface area contributed by atoms with Crippen molar-refractivity contribution in [3.05, 3.63) is 28.8 Å². The van der Waals surface area contributed by atoms with Crippen LogP contribution in [0.3, 0.4) is 0 Å². The predicted molar refractivity (Wildman–Crippen MR) is 88.6 cm³/mol. The molecule has 1 unspecified atom stereocenters. The number of amides is 1. The van der Waals surface area contributed by atoms with Crippen LogP contribution in [0.1, 0.15) is 31.7 Å². The lowest BCUT2D eigenvalue weighted by Crippen LogP contribution is -2.44. The monoisotopic (exact) mass is 344 g/mol. The number of anilines is 1. The summed E-state index contributed by atoms with van der Waals surface area (Å²) in [7, 11) is -3.37. The molecule has 0 saturated carbocycles. The lowest BCUT2D eigenvalue weighted by Gasteiger charge is -2.23. The van der Waals surface area contributed by atoms with Crippen LogP contribution in [-0.2, 0) is 14.8 Å². The maximum absolute atomic E-state index is 12.4. The van der Waals surface area contributed by atoms with Gasteiger partial charge < -0.3 is 5.32 Å². The van der Waals surface area contributed by atoms with E-state index in [1.54, 1.807) is 12.1 Å². The van der Waals surface area contributed by atoms with Gasteiger partial charge in [0.25, 0.3) is 0 Å². The van der Waals surface area contributed by atoms with Gasteiger partial charge in [-0.05, 0) is 43.9 Å². The molecule has 1 aromatic rings. The van der Waals surface area contributed by atoms with E-state index in [1.807, 2.05) is 19.9 Å². The minimum Gasteiger partial charge on any atom is -0.323 e. The number of rotatable bonds is 5. The molecule has 0 bridgehead atoms. The molecule has 2 rings (SSSR count). The lowest BCUT2D eigenvalue weighted by atomic mass is 10.2. The number of hydrogen-bond donors (Lipinski definition) is 1. The third-order valence-corrected chi connectivity index (χ3v) is 6.10. The number of nitrogens with zero attached hydrogens (tertiary/aromatic N) is 1. The van der Waals surface area contributed by atoms with Gasteiger partial charge in [0.05, 0.1) is 16.5 Å². The first-order chi connectivity index (χ1) is 10.3. The van der Waals surface area contributed by atoms with E-state index >= 15 is 0 Å². The first-order valence-electron chi connectivity index (χ1n) is 7.41. The Hall–Kier alpha value is -1.11. The summed E-state index contributed by atoms with van der Waals surface area (Å²) in [4.78, 5) is 12.4. The molecule has 0 spiro atoms. The van der Waals surface area contributed by atoms with E-state index < -0.39 is 16.1 Å². The summed E-state index contributed by atoms with van der Waals surface area (Å²) in [6.07, 6.45) is 1.78. The average molecular weight is 345 g/mol. The number of aryl methyl sites for hydroxylation is 1. The zero-order valence-electron chi connectivity index (χ0n) is 12.8. The van der Waals surface area contributed by atoms with Crippen LogP contribution in [-0.4, -0.2) is 37.0 Å². The van der Waals surface area contributed by atoms with E-state index in [0.717, 1.165) is 5.56 Å². The first kappa shape index (κ1) is 17.2. The van der Waals surface area contributed by atoms with Gasteiger partial charge in [0, 0.05) is 6.54 Å². The molecule has 1 amide bonds. The van der Waals surface area contributed by atoms with E-state index in [9.17, 15) is 13.2 Å². The highest BCUT2D eigenvalue weighted by atomic mass is 35.5. The van der Waals surface area contributed by atoms with Crippen LogP contribution < -0.4 is 5.32 Å². The molecular formula is C15H21ClN2O3S. The van der Waals surface area contributed by atoms with Gasteiger partial charge in [0.1, 0.15) is 6.04 Å². The van der Waals surface area contributed by atoms with Crippen LogP contribution in [0.5, 0.6) is 0 Å². The molecule has 0 aromatic heterocycles. The highest BCUT2D eigenvalue weighted by Crippen LogP contribution is 2.26. The smallest absolute Gasteiger partial charge is 0.242 e. The second-order valence-electron chi connectivity index (χ2n) is 5.56. The first-order valence-corrected chi connectivity index (χ1v) is 9.40. The quantitative estimate of drug-likeness (QED) is 0.893. The van der Waals surface area contributed by atoms with Gasteiger partial charge in [0.2, 0.25) is 15.9 Å². The van der Waals surface area contributed by atoms with Gasteiger partial charge in [-0.15, -0.1) is 0 Å². The van der Waals surface area contributed by atoms with Crippen molar-refractivity contribution in [2.75, 3.05) is 17.6 Å². The minimum atomic E-state index is -3.37. The Morgan fingerprint density at radius 1 is 1.45 bits per heavy atom. The molecule has 122 valence electrons. The maximum atomic E-state index is 12.4. The molecule has 22 heavy (non-hydrogen) atoms. The van der Waals surface area contributed by atoms with Crippen molar-refractivity contribution >= 4 is 33.2 Å². The second-order valence-corrected chi connectivity index (χ2v) is 8.01. The fourth-order valence-electron chi connectivity index (χ4n) is 2.65. The van der Waals surface area contributed by atoms with Crippen molar-refractivity contribution in [1.29, 1.82) is 0 Å². The average Bonchev–Trinajstić information content (AvgIpc) is 2.92. The number of benzene rings is 1. The molecule has 5 nitrogen and oxygen atoms in total. The fraction of sp³-hybridized carbons (Fsp3) is 0.533. The van der Waals surface area contributed by atoms with Gasteiger partial charge in [0.15, 0.2) is 0 Å². The zero-order valence-corrected chi connectivity index (χ0v) is 14.4. The van der Waals surface area contributed by atoms with Crippen LogP contribution in [0.15, 0.2) is 18.2 Å². The summed E-state index contributed by atoms with van der Waals surface area (Å²) < 4.78 is 25.8. The third kappa shape index (κ3) is 3.80. The maximum Gasteiger partial charge on any atom is 0.242 e. The summed E-state index contributed by atoms with van der Waals surface area (Å²) in [5.41, 5.74) is 1.51. The molecule has 1 aromatic carbocycles. The van der Waals surface area contributed by atoms with E-state index in [2.05, 4.69) is 5.32 Å². The van der Waals surface area contributed by atoms with Crippen molar-refractivity contribution in [3.63, 3.8) is 0 Å². The number of carbonyl (C=O) groups is 1. The Morgan fingerprint density at radius 2 is 2.18 bits per heavy atom. The van der Waals surface area contributed by atoms with Crippen molar-refractivity contribution in [3.8, 4) is 0 Å². The van der Waals surface area contributed by atoms with Crippen LogP contribution in [0, 0.1) is 6.92 Å². The molecule has 0 radical (unpaired) electrons. The van der Waals surface area contributed by atoms with E-state index in [1.165, 1.54) is 4.31 Å². The van der Waals surface area contributed by atoms with E-state index in [4.69, 9.17) is 11.6 Å². The van der Waals surface area contributed by atoms with Crippen LogP contribution in [0.2, 0.25) is 5.02 Å². The van der Waals surface area contributed by atoms with Crippen molar-refractivity contribution in [2.24, 2.45) is 0 Å². The van der Waals surface area contributed by atoms with Crippen LogP contribution in [0.4, 0.5) is 5.69 Å². The molecular weight excluding hydrogens is 324 g/mol. The topological polar surface area (TPSA) is 66.5 Å². The van der Waals surface area contributed by atoms with E-state index in [0.29, 0.717) is 36.5 Å².